The molecule has 1 unspecified atom stereocenters. The van der Waals surface area contributed by atoms with E-state index in [-0.39, 0.29) is 17.9 Å². The van der Waals surface area contributed by atoms with Crippen LogP contribution in [0.5, 0.6) is 0 Å². The summed E-state index contributed by atoms with van der Waals surface area (Å²) in [6, 6.07) is 3.55. The van der Waals surface area contributed by atoms with Gasteiger partial charge in [-0.25, -0.2) is 0 Å². The molecule has 1 aromatic rings. The predicted octanol–water partition coefficient (Wildman–Crippen LogP) is 1.23. The van der Waals surface area contributed by atoms with Crippen molar-refractivity contribution in [3.8, 4) is 0 Å². The van der Waals surface area contributed by atoms with Crippen LogP contribution in [0.1, 0.15) is 37.0 Å². The number of likely N-dealkylation sites (tertiary alicyclic amines) is 1. The van der Waals surface area contributed by atoms with Crippen molar-refractivity contribution in [3.05, 3.63) is 30.1 Å². The zero-order chi connectivity index (χ0) is 15.9. The fourth-order valence-corrected chi connectivity index (χ4v) is 2.55. The molecule has 6 heteroatoms. The normalized spacial score (nSPS) is 17.1. The summed E-state index contributed by atoms with van der Waals surface area (Å²) in [7, 11) is 0. The molecular formula is C16H23N3O3. The minimum absolute atomic E-state index is 0.0230. The lowest BCUT2D eigenvalue weighted by Crippen LogP contribution is -2.48. The summed E-state index contributed by atoms with van der Waals surface area (Å²) in [6.07, 6.45) is 4.34. The summed E-state index contributed by atoms with van der Waals surface area (Å²) in [4.78, 5) is 30.0. The Hall–Kier alpha value is -1.95. The Bertz CT molecular complexity index is 499. The first-order valence-corrected chi connectivity index (χ1v) is 7.73. The first-order chi connectivity index (χ1) is 10.6. The smallest absolute Gasteiger partial charge is 0.253 e. The SMILES string of the molecule is CCOC(C)C(=O)NC1CCN(C(=O)c2ccncc2)CC1. The van der Waals surface area contributed by atoms with Crippen molar-refractivity contribution in [1.29, 1.82) is 0 Å². The van der Waals surface area contributed by atoms with Crippen LogP contribution < -0.4 is 5.32 Å². The van der Waals surface area contributed by atoms with E-state index in [4.69, 9.17) is 4.74 Å². The maximum absolute atomic E-state index is 12.3. The van der Waals surface area contributed by atoms with Gasteiger partial charge >= 0.3 is 0 Å². The molecule has 120 valence electrons. The fourth-order valence-electron chi connectivity index (χ4n) is 2.55. The third-order valence-corrected chi connectivity index (χ3v) is 3.84. The molecule has 0 aromatic carbocycles. The molecule has 6 nitrogen and oxygen atoms in total. The van der Waals surface area contributed by atoms with E-state index in [2.05, 4.69) is 10.3 Å². The van der Waals surface area contributed by atoms with Crippen LogP contribution in [0, 0.1) is 0 Å². The van der Waals surface area contributed by atoms with Crippen molar-refractivity contribution in [2.24, 2.45) is 0 Å². The van der Waals surface area contributed by atoms with E-state index in [0.29, 0.717) is 25.3 Å². The molecule has 0 aliphatic carbocycles. The van der Waals surface area contributed by atoms with E-state index in [0.717, 1.165) is 12.8 Å². The second-order valence-corrected chi connectivity index (χ2v) is 5.41. The second kappa shape index (κ2) is 7.89. The first-order valence-electron chi connectivity index (χ1n) is 7.73. The summed E-state index contributed by atoms with van der Waals surface area (Å²) in [5, 5.41) is 2.99. The standard InChI is InChI=1S/C16H23N3O3/c1-3-22-12(2)15(20)18-14-6-10-19(11-7-14)16(21)13-4-8-17-9-5-13/h4-5,8-9,12,14H,3,6-7,10-11H2,1-2H3,(H,18,20). The minimum Gasteiger partial charge on any atom is -0.369 e. The number of nitrogens with one attached hydrogen (secondary N) is 1. The summed E-state index contributed by atoms with van der Waals surface area (Å²) < 4.78 is 5.28. The predicted molar refractivity (Wildman–Crippen MR) is 82.4 cm³/mol. The van der Waals surface area contributed by atoms with E-state index < -0.39 is 6.10 Å². The van der Waals surface area contributed by atoms with Crippen molar-refractivity contribution in [2.45, 2.75) is 38.8 Å². The average molecular weight is 305 g/mol. The summed E-state index contributed by atoms with van der Waals surface area (Å²) in [5.41, 5.74) is 0.655. The summed E-state index contributed by atoms with van der Waals surface area (Å²) in [5.74, 6) is -0.0596. The quantitative estimate of drug-likeness (QED) is 0.888. The highest BCUT2D eigenvalue weighted by atomic mass is 16.5. The molecule has 2 amide bonds. The lowest BCUT2D eigenvalue weighted by Gasteiger charge is -2.33. The molecule has 2 heterocycles. The van der Waals surface area contributed by atoms with Crippen molar-refractivity contribution in [2.75, 3.05) is 19.7 Å². The van der Waals surface area contributed by atoms with Gasteiger partial charge in [-0.3, -0.25) is 14.6 Å². The summed E-state index contributed by atoms with van der Waals surface area (Å²) in [6.45, 7) is 5.44. The van der Waals surface area contributed by atoms with E-state index in [1.165, 1.54) is 0 Å². The third-order valence-electron chi connectivity index (χ3n) is 3.84. The van der Waals surface area contributed by atoms with Crippen LogP contribution >= 0.6 is 0 Å². The number of carbonyl (C=O) groups is 2. The van der Waals surface area contributed by atoms with E-state index in [9.17, 15) is 9.59 Å². The van der Waals surface area contributed by atoms with Gasteiger partial charge in [-0.05, 0) is 38.8 Å². The van der Waals surface area contributed by atoms with Crippen molar-refractivity contribution in [3.63, 3.8) is 0 Å². The van der Waals surface area contributed by atoms with Crippen LogP contribution in [-0.2, 0) is 9.53 Å². The minimum atomic E-state index is -0.429. The van der Waals surface area contributed by atoms with Gasteiger partial charge in [0, 0.05) is 43.7 Å². The zero-order valence-corrected chi connectivity index (χ0v) is 13.1. The Labute approximate surface area is 130 Å². The highest BCUT2D eigenvalue weighted by molar-refractivity contribution is 5.94. The van der Waals surface area contributed by atoms with Gasteiger partial charge in [0.25, 0.3) is 5.91 Å². The Morgan fingerprint density at radius 1 is 1.36 bits per heavy atom. The Morgan fingerprint density at radius 2 is 2.00 bits per heavy atom. The number of carbonyl (C=O) groups excluding carboxylic acids is 2. The number of piperidine rings is 1. The Kier molecular flexibility index (Phi) is 5.89. The highest BCUT2D eigenvalue weighted by Gasteiger charge is 2.25. The number of pyridine rings is 1. The molecule has 2 rings (SSSR count). The van der Waals surface area contributed by atoms with Crippen LogP contribution in [-0.4, -0.2) is 53.5 Å². The van der Waals surface area contributed by atoms with E-state index in [1.54, 1.807) is 31.5 Å². The lowest BCUT2D eigenvalue weighted by atomic mass is 10.0. The number of nitrogens with zero attached hydrogens (tertiary/aromatic N) is 2. The molecule has 1 aromatic heterocycles. The molecule has 1 N–H and O–H groups in total. The van der Waals surface area contributed by atoms with Gasteiger partial charge in [0.2, 0.25) is 5.91 Å². The monoisotopic (exact) mass is 305 g/mol. The molecule has 0 saturated carbocycles. The molecule has 1 atom stereocenters. The molecule has 1 aliphatic rings. The van der Waals surface area contributed by atoms with Crippen LogP contribution in [0.4, 0.5) is 0 Å². The molecular weight excluding hydrogens is 282 g/mol. The van der Waals surface area contributed by atoms with Crippen LogP contribution in [0.3, 0.4) is 0 Å². The summed E-state index contributed by atoms with van der Waals surface area (Å²) >= 11 is 0. The Morgan fingerprint density at radius 3 is 2.59 bits per heavy atom. The van der Waals surface area contributed by atoms with Gasteiger partial charge in [0.1, 0.15) is 6.10 Å². The lowest BCUT2D eigenvalue weighted by molar-refractivity contribution is -0.132. The van der Waals surface area contributed by atoms with E-state index >= 15 is 0 Å². The van der Waals surface area contributed by atoms with Crippen molar-refractivity contribution >= 4 is 11.8 Å². The number of hydrogen-bond acceptors (Lipinski definition) is 4. The van der Waals surface area contributed by atoms with Gasteiger partial charge in [-0.2, -0.15) is 0 Å². The van der Waals surface area contributed by atoms with E-state index in [1.807, 2.05) is 11.8 Å². The number of ether oxygens (including phenoxy) is 1. The van der Waals surface area contributed by atoms with Gasteiger partial charge in [-0.15, -0.1) is 0 Å². The maximum Gasteiger partial charge on any atom is 0.253 e. The average Bonchev–Trinajstić information content (AvgIpc) is 2.56. The molecule has 22 heavy (non-hydrogen) atoms. The molecule has 0 radical (unpaired) electrons. The van der Waals surface area contributed by atoms with Crippen LogP contribution in [0.2, 0.25) is 0 Å². The topological polar surface area (TPSA) is 71.5 Å². The molecule has 0 spiro atoms. The third kappa shape index (κ3) is 4.27. The number of hydrogen-bond donors (Lipinski definition) is 1. The number of aromatic nitrogens is 1. The van der Waals surface area contributed by atoms with Crippen LogP contribution in [0.25, 0.3) is 0 Å². The highest BCUT2D eigenvalue weighted by Crippen LogP contribution is 2.14. The molecule has 1 aliphatic heterocycles. The maximum atomic E-state index is 12.3. The number of rotatable bonds is 5. The van der Waals surface area contributed by atoms with Gasteiger partial charge in [0.15, 0.2) is 0 Å². The first kappa shape index (κ1) is 16.4. The molecule has 1 saturated heterocycles. The number of amides is 2. The van der Waals surface area contributed by atoms with Gasteiger partial charge < -0.3 is 15.0 Å². The molecule has 0 bridgehead atoms. The largest absolute Gasteiger partial charge is 0.369 e. The van der Waals surface area contributed by atoms with Gasteiger partial charge in [-0.1, -0.05) is 0 Å². The second-order valence-electron chi connectivity index (χ2n) is 5.41. The zero-order valence-electron chi connectivity index (χ0n) is 13.1. The van der Waals surface area contributed by atoms with Crippen molar-refractivity contribution < 1.29 is 14.3 Å². The van der Waals surface area contributed by atoms with Crippen LogP contribution in [0.15, 0.2) is 24.5 Å². The van der Waals surface area contributed by atoms with Gasteiger partial charge in [0.05, 0.1) is 0 Å². The fraction of sp³-hybridized carbons (Fsp3) is 0.562. The van der Waals surface area contributed by atoms with Crippen molar-refractivity contribution in [1.82, 2.24) is 15.2 Å². The Balaban J connectivity index is 1.81. The molecule has 1 fully saturated rings.